The van der Waals surface area contributed by atoms with Crippen LogP contribution < -0.4 is 4.40 Å². The number of aryl methyl sites for hydroxylation is 1. The van der Waals surface area contributed by atoms with Gasteiger partial charge in [-0.05, 0) is 40.1 Å². The van der Waals surface area contributed by atoms with Gasteiger partial charge in [-0.1, -0.05) is 89.7 Å². The molecule has 8 rings (SSSR count). The third-order valence-corrected chi connectivity index (χ3v) is 12.3. The molecule has 3 nitrogen and oxygen atoms in total. The molecule has 5 heteroatoms. The molecule has 0 atom stereocenters. The average molecular weight is 882 g/mol. The van der Waals surface area contributed by atoms with Gasteiger partial charge < -0.3 is 9.40 Å². The van der Waals surface area contributed by atoms with E-state index < -0.39 is 26.2 Å². The summed E-state index contributed by atoms with van der Waals surface area (Å²) in [4.78, 5) is 8.98. The average Bonchev–Trinajstić information content (AvgIpc) is 3.58. The van der Waals surface area contributed by atoms with Gasteiger partial charge in [0.25, 0.3) is 0 Å². The maximum absolute atomic E-state index is 8.32. The minimum atomic E-state index is -2.08. The van der Waals surface area contributed by atoms with Crippen molar-refractivity contribution in [3.8, 4) is 44.8 Å². The van der Waals surface area contributed by atoms with Crippen molar-refractivity contribution >= 4 is 39.6 Å². The first-order valence-corrected chi connectivity index (χ1v) is 22.9. The minimum Gasteiger partial charge on any atom is -0.501 e. The van der Waals surface area contributed by atoms with Crippen LogP contribution in [-0.2, 0) is 20.1 Å². The van der Waals surface area contributed by atoms with Crippen molar-refractivity contribution < 1.29 is 35.5 Å². The van der Waals surface area contributed by atoms with Crippen LogP contribution in [0.1, 0.15) is 16.5 Å². The molecule has 8 aromatic rings. The standard InChI is InChI=1S/C29H18NO.C15H18GeN.Ir/c1-3-8-20(9-4-1)22-14-15-24-25-12-7-13-26(29(25)31-28(24)19-22)27-18-23(16-17-30-27)21-10-5-2-6-11-21;1-12-5-7-13(8-6-12)15-10-9-14(11-17-15)16(2,3)4;/h1-12,14-19H;5-7,9-11H,1-4H3;/q2*-1;/i2D,5D,6D,10D,11D;1D3;. The van der Waals surface area contributed by atoms with Gasteiger partial charge in [0.15, 0.2) is 0 Å². The van der Waals surface area contributed by atoms with Gasteiger partial charge in [0.05, 0.1) is 12.4 Å². The molecule has 3 aromatic heterocycles. The van der Waals surface area contributed by atoms with Crippen LogP contribution in [0, 0.1) is 19.0 Å². The van der Waals surface area contributed by atoms with Crippen molar-refractivity contribution in [2.24, 2.45) is 0 Å². The van der Waals surface area contributed by atoms with Crippen LogP contribution in [0.25, 0.3) is 66.7 Å². The Morgan fingerprint density at radius 1 is 0.714 bits per heavy atom. The van der Waals surface area contributed by atoms with Crippen LogP contribution >= 0.6 is 0 Å². The Morgan fingerprint density at radius 3 is 2.24 bits per heavy atom. The normalized spacial score (nSPS) is 13.7. The van der Waals surface area contributed by atoms with E-state index in [4.69, 9.17) is 15.4 Å². The van der Waals surface area contributed by atoms with Crippen molar-refractivity contribution in [2.75, 3.05) is 0 Å². The molecule has 5 aromatic carbocycles. The van der Waals surface area contributed by atoms with Gasteiger partial charge in [-0.25, -0.2) is 0 Å². The zero-order valence-electron chi connectivity index (χ0n) is 35.1. The molecule has 0 N–H and O–H groups in total. The van der Waals surface area contributed by atoms with E-state index in [0.29, 0.717) is 28.0 Å². The van der Waals surface area contributed by atoms with Crippen LogP contribution in [0.5, 0.6) is 0 Å². The van der Waals surface area contributed by atoms with Crippen molar-refractivity contribution in [1.82, 2.24) is 9.97 Å². The minimum absolute atomic E-state index is 0. The third kappa shape index (κ3) is 7.68. The molecular formula is C44H36GeIrN2O-2. The zero-order valence-corrected chi connectivity index (χ0v) is 31.6. The fraction of sp³-hybridized carbons (Fsp3) is 0.0909. The van der Waals surface area contributed by atoms with Crippen LogP contribution in [0.2, 0.25) is 17.3 Å². The van der Waals surface area contributed by atoms with Gasteiger partial charge in [0, 0.05) is 31.7 Å². The van der Waals surface area contributed by atoms with E-state index in [2.05, 4.69) is 63.6 Å². The number of benzene rings is 5. The van der Waals surface area contributed by atoms with Gasteiger partial charge >= 0.3 is 110 Å². The van der Waals surface area contributed by atoms with E-state index in [-0.39, 0.29) is 49.8 Å². The molecule has 0 saturated heterocycles. The molecule has 0 saturated carbocycles. The molecule has 0 amide bonds. The molecule has 1 radical (unpaired) electrons. The van der Waals surface area contributed by atoms with E-state index in [1.54, 1.807) is 30.5 Å². The van der Waals surface area contributed by atoms with Crippen LogP contribution in [-0.4, -0.2) is 23.2 Å². The van der Waals surface area contributed by atoms with E-state index in [9.17, 15) is 0 Å². The molecule has 0 aliphatic rings. The SMILES string of the molecule is [2H]C([2H])([2H])c1c[c-]c(-c2cc[c]([Ge]([CH3])([CH3])[CH3])cn2)cc1.[2H]c1c([2H])c([2H])c(-c2ccnc(-c3[c-]ccc4c3oc3cc(-c5ccccc5)ccc34)c2)c([2H])c1[2H].[Ir]. The number of rotatable bonds is 5. The van der Waals surface area contributed by atoms with Crippen molar-refractivity contribution in [3.63, 3.8) is 0 Å². The first-order valence-electron chi connectivity index (χ1n) is 19.6. The number of hydrogen-bond donors (Lipinski definition) is 0. The van der Waals surface area contributed by atoms with Crippen LogP contribution in [0.3, 0.4) is 0 Å². The second kappa shape index (κ2) is 14.9. The van der Waals surface area contributed by atoms with E-state index in [0.717, 1.165) is 38.7 Å². The van der Waals surface area contributed by atoms with Crippen molar-refractivity contribution in [2.45, 2.75) is 24.1 Å². The summed E-state index contributed by atoms with van der Waals surface area (Å²) < 4.78 is 70.2. The van der Waals surface area contributed by atoms with Crippen LogP contribution in [0.15, 0.2) is 150 Å². The van der Waals surface area contributed by atoms with Gasteiger partial charge in [0.1, 0.15) is 5.58 Å². The third-order valence-electron chi connectivity index (χ3n) is 8.06. The Kier molecular flexibility index (Phi) is 7.71. The number of fused-ring (bicyclic) bond motifs is 3. The quantitative estimate of drug-likeness (QED) is 0.128. The predicted octanol–water partition coefficient (Wildman–Crippen LogP) is 11.2. The second-order valence-electron chi connectivity index (χ2n) is 12.4. The Hall–Kier alpha value is -4.61. The molecule has 243 valence electrons. The predicted molar refractivity (Wildman–Crippen MR) is 203 cm³/mol. The first kappa shape index (κ1) is 25.4. The molecule has 0 aliphatic carbocycles. The number of pyridine rings is 2. The number of furan rings is 1. The summed E-state index contributed by atoms with van der Waals surface area (Å²) >= 11 is -1.83. The molecule has 49 heavy (non-hydrogen) atoms. The molecule has 0 spiro atoms. The Labute approximate surface area is 316 Å². The Bertz CT molecular complexity index is 2630. The summed E-state index contributed by atoms with van der Waals surface area (Å²) in [6.45, 7) is -2.08. The summed E-state index contributed by atoms with van der Waals surface area (Å²) in [5, 5.41) is 1.90. The molecule has 0 unspecified atom stereocenters. The summed E-state index contributed by atoms with van der Waals surface area (Å²) in [5.74, 6) is 6.98. The van der Waals surface area contributed by atoms with Gasteiger partial charge in [-0.3, -0.25) is 0 Å². The fourth-order valence-corrected chi connectivity index (χ4v) is 7.61. The van der Waals surface area contributed by atoms with Crippen LogP contribution in [0.4, 0.5) is 0 Å². The number of aromatic nitrogens is 2. The number of hydrogen-bond acceptors (Lipinski definition) is 3. The zero-order chi connectivity index (χ0) is 39.9. The molecule has 0 aliphatic heterocycles. The van der Waals surface area contributed by atoms with Crippen molar-refractivity contribution in [1.29, 1.82) is 0 Å². The largest absolute Gasteiger partial charge is 0.501 e. The maximum atomic E-state index is 8.32. The van der Waals surface area contributed by atoms with Gasteiger partial charge in [-0.15, -0.1) is 18.2 Å². The Balaban J connectivity index is 0.000000223. The summed E-state index contributed by atoms with van der Waals surface area (Å²) in [5.41, 5.74) is 7.27. The monoisotopic (exact) mass is 883 g/mol. The smallest absolute Gasteiger partial charge is 0.121 e. The molecule has 3 heterocycles. The summed E-state index contributed by atoms with van der Waals surface area (Å²) in [6, 6.07) is 36.9. The van der Waals surface area contributed by atoms with Gasteiger partial charge in [0.2, 0.25) is 0 Å². The fourth-order valence-electron chi connectivity index (χ4n) is 5.44. The molecular weight excluding hydrogens is 837 g/mol. The summed E-state index contributed by atoms with van der Waals surface area (Å²) in [7, 11) is 0. The van der Waals surface area contributed by atoms with Gasteiger partial charge in [-0.2, -0.15) is 0 Å². The van der Waals surface area contributed by atoms with E-state index in [1.807, 2.05) is 54.7 Å². The maximum Gasteiger partial charge on any atom is 0.121 e. The molecule has 0 fully saturated rings. The number of nitrogens with zero attached hydrogens (tertiary/aromatic N) is 2. The topological polar surface area (TPSA) is 38.9 Å². The van der Waals surface area contributed by atoms with E-state index in [1.165, 1.54) is 10.5 Å². The second-order valence-corrected chi connectivity index (χ2v) is 23.0. The first-order chi connectivity index (χ1) is 26.6. The molecule has 0 bridgehead atoms. The van der Waals surface area contributed by atoms with E-state index >= 15 is 0 Å². The van der Waals surface area contributed by atoms with Crippen molar-refractivity contribution in [3.05, 3.63) is 163 Å². The Morgan fingerprint density at radius 2 is 1.53 bits per heavy atom. The summed E-state index contributed by atoms with van der Waals surface area (Å²) in [6.07, 6.45) is 3.51.